The third kappa shape index (κ3) is 3.72. The SMILES string of the molecule is COc1cc(/C(F)=C(/F)c2ccc(CO)c(O)c2)cc(CO)c1OC. The third-order valence-corrected chi connectivity index (χ3v) is 3.68. The van der Waals surface area contributed by atoms with Gasteiger partial charge in [-0.15, -0.1) is 0 Å². The van der Waals surface area contributed by atoms with Crippen molar-refractivity contribution in [2.24, 2.45) is 0 Å². The van der Waals surface area contributed by atoms with Gasteiger partial charge in [-0.1, -0.05) is 12.1 Å². The minimum Gasteiger partial charge on any atom is -0.508 e. The Kier molecular flexibility index (Phi) is 5.95. The number of aliphatic hydroxyl groups excluding tert-OH is 2. The zero-order valence-corrected chi connectivity index (χ0v) is 13.7. The van der Waals surface area contributed by atoms with Gasteiger partial charge in [-0.25, -0.2) is 8.78 Å². The largest absolute Gasteiger partial charge is 0.508 e. The van der Waals surface area contributed by atoms with Crippen molar-refractivity contribution in [2.75, 3.05) is 14.2 Å². The molecule has 0 aliphatic heterocycles. The summed E-state index contributed by atoms with van der Waals surface area (Å²) < 4.78 is 39.3. The van der Waals surface area contributed by atoms with Gasteiger partial charge in [-0.2, -0.15) is 0 Å². The lowest BCUT2D eigenvalue weighted by Crippen LogP contribution is -1.98. The van der Waals surface area contributed by atoms with E-state index in [-0.39, 0.29) is 39.5 Å². The number of aromatic hydroxyl groups is 1. The van der Waals surface area contributed by atoms with Crippen molar-refractivity contribution in [3.8, 4) is 17.2 Å². The molecule has 0 radical (unpaired) electrons. The second-order valence-corrected chi connectivity index (χ2v) is 5.16. The standard InChI is InChI=1S/C18H18F2O5/c1-24-15-7-12(5-13(9-22)18(15)25-2)17(20)16(19)10-3-4-11(8-21)14(23)6-10/h3-7,21-23H,8-9H2,1-2H3/b17-16-. The molecule has 0 spiro atoms. The first-order valence-corrected chi connectivity index (χ1v) is 7.31. The monoisotopic (exact) mass is 352 g/mol. The Hall–Kier alpha value is -2.64. The van der Waals surface area contributed by atoms with Crippen LogP contribution in [0.5, 0.6) is 17.2 Å². The molecule has 0 amide bonds. The summed E-state index contributed by atoms with van der Waals surface area (Å²) in [5.74, 6) is -2.36. The highest BCUT2D eigenvalue weighted by atomic mass is 19.2. The molecule has 0 aliphatic rings. The molecule has 2 aromatic carbocycles. The van der Waals surface area contributed by atoms with Crippen molar-refractivity contribution < 1.29 is 33.6 Å². The Morgan fingerprint density at radius 2 is 1.52 bits per heavy atom. The van der Waals surface area contributed by atoms with E-state index < -0.39 is 24.9 Å². The van der Waals surface area contributed by atoms with E-state index in [9.17, 15) is 19.0 Å². The maximum Gasteiger partial charge on any atom is 0.166 e. The third-order valence-electron chi connectivity index (χ3n) is 3.68. The van der Waals surface area contributed by atoms with Crippen LogP contribution in [0.4, 0.5) is 8.78 Å². The number of methoxy groups -OCH3 is 2. The van der Waals surface area contributed by atoms with Gasteiger partial charge in [0.15, 0.2) is 23.2 Å². The van der Waals surface area contributed by atoms with Crippen LogP contribution in [0.1, 0.15) is 22.3 Å². The molecule has 25 heavy (non-hydrogen) atoms. The Balaban J connectivity index is 2.56. The van der Waals surface area contributed by atoms with Gasteiger partial charge in [0.05, 0.1) is 27.4 Å². The minimum atomic E-state index is -1.20. The Morgan fingerprint density at radius 3 is 2.04 bits per heavy atom. The zero-order valence-electron chi connectivity index (χ0n) is 13.7. The number of ether oxygens (including phenoxy) is 2. The van der Waals surface area contributed by atoms with E-state index in [0.29, 0.717) is 0 Å². The Bertz CT molecular complexity index is 777. The van der Waals surface area contributed by atoms with Crippen molar-refractivity contribution in [3.63, 3.8) is 0 Å². The van der Waals surface area contributed by atoms with Gasteiger partial charge in [0, 0.05) is 22.3 Å². The van der Waals surface area contributed by atoms with Gasteiger partial charge in [0.25, 0.3) is 0 Å². The van der Waals surface area contributed by atoms with Crippen LogP contribution in [0.15, 0.2) is 30.3 Å². The Morgan fingerprint density at radius 1 is 0.880 bits per heavy atom. The molecule has 5 nitrogen and oxygen atoms in total. The van der Waals surface area contributed by atoms with Crippen molar-refractivity contribution in [1.82, 2.24) is 0 Å². The number of hydrogen-bond donors (Lipinski definition) is 3. The lowest BCUT2D eigenvalue weighted by molar-refractivity contribution is 0.270. The molecule has 2 rings (SSSR count). The van der Waals surface area contributed by atoms with E-state index in [1.165, 1.54) is 38.5 Å². The molecule has 0 saturated carbocycles. The Labute approximate surface area is 143 Å². The highest BCUT2D eigenvalue weighted by Gasteiger charge is 2.18. The quantitative estimate of drug-likeness (QED) is 0.696. The van der Waals surface area contributed by atoms with Crippen molar-refractivity contribution >= 4 is 11.7 Å². The predicted octanol–water partition coefficient (Wildman–Crippen LogP) is 3.16. The fourth-order valence-corrected chi connectivity index (χ4v) is 2.37. The average Bonchev–Trinajstić information content (AvgIpc) is 2.65. The van der Waals surface area contributed by atoms with Crippen molar-refractivity contribution in [3.05, 3.63) is 52.6 Å². The second kappa shape index (κ2) is 7.96. The first-order valence-electron chi connectivity index (χ1n) is 7.31. The normalized spacial score (nSPS) is 11.9. The highest BCUT2D eigenvalue weighted by Crippen LogP contribution is 2.38. The number of phenols is 1. The van der Waals surface area contributed by atoms with Gasteiger partial charge in [-0.3, -0.25) is 0 Å². The van der Waals surface area contributed by atoms with Crippen LogP contribution in [0, 0.1) is 0 Å². The van der Waals surface area contributed by atoms with E-state index in [2.05, 4.69) is 0 Å². The number of halogens is 2. The molecule has 3 N–H and O–H groups in total. The molecule has 0 unspecified atom stereocenters. The molecule has 134 valence electrons. The zero-order chi connectivity index (χ0) is 18.6. The maximum atomic E-state index is 14.6. The van der Waals surface area contributed by atoms with E-state index in [1.54, 1.807) is 0 Å². The molecule has 0 aliphatic carbocycles. The molecule has 0 fully saturated rings. The summed E-state index contributed by atoms with van der Waals surface area (Å²) in [6.07, 6.45) is 0. The van der Waals surface area contributed by atoms with Crippen LogP contribution in [0.25, 0.3) is 11.7 Å². The smallest absolute Gasteiger partial charge is 0.166 e. The van der Waals surface area contributed by atoms with Gasteiger partial charge in [0.2, 0.25) is 0 Å². The number of hydrogen-bond acceptors (Lipinski definition) is 5. The first-order chi connectivity index (χ1) is 12.0. The van der Waals surface area contributed by atoms with Crippen LogP contribution in [0.3, 0.4) is 0 Å². The molecule has 2 aromatic rings. The van der Waals surface area contributed by atoms with E-state index in [0.717, 1.165) is 6.07 Å². The number of rotatable bonds is 6. The average molecular weight is 352 g/mol. The first kappa shape index (κ1) is 18.7. The van der Waals surface area contributed by atoms with Crippen molar-refractivity contribution in [1.29, 1.82) is 0 Å². The summed E-state index contributed by atoms with van der Waals surface area (Å²) in [5, 5.41) is 28.1. The number of benzene rings is 2. The van der Waals surface area contributed by atoms with E-state index in [4.69, 9.17) is 14.6 Å². The van der Waals surface area contributed by atoms with Crippen LogP contribution in [-0.4, -0.2) is 29.5 Å². The topological polar surface area (TPSA) is 79.2 Å². The molecule has 0 aromatic heterocycles. The van der Waals surface area contributed by atoms with Crippen LogP contribution >= 0.6 is 0 Å². The second-order valence-electron chi connectivity index (χ2n) is 5.16. The lowest BCUT2D eigenvalue weighted by atomic mass is 10.0. The summed E-state index contributed by atoms with van der Waals surface area (Å²) in [5.41, 5.74) is 0.0985. The van der Waals surface area contributed by atoms with E-state index in [1.807, 2.05) is 0 Å². The summed E-state index contributed by atoms with van der Waals surface area (Å²) in [6.45, 7) is -0.871. The van der Waals surface area contributed by atoms with Gasteiger partial charge in [-0.05, 0) is 18.2 Å². The lowest BCUT2D eigenvalue weighted by Gasteiger charge is -2.13. The molecular formula is C18H18F2O5. The van der Waals surface area contributed by atoms with Crippen LogP contribution < -0.4 is 9.47 Å². The molecule has 0 saturated heterocycles. The van der Waals surface area contributed by atoms with Crippen molar-refractivity contribution in [2.45, 2.75) is 13.2 Å². The van der Waals surface area contributed by atoms with Crippen LogP contribution in [-0.2, 0) is 13.2 Å². The minimum absolute atomic E-state index is 0.144. The van der Waals surface area contributed by atoms with E-state index >= 15 is 0 Å². The summed E-state index contributed by atoms with van der Waals surface area (Å²) in [6, 6.07) is 6.06. The van der Waals surface area contributed by atoms with Gasteiger partial charge in [0.1, 0.15) is 5.75 Å². The summed E-state index contributed by atoms with van der Waals surface area (Å²) >= 11 is 0. The molecule has 0 atom stereocenters. The molecule has 7 heteroatoms. The highest BCUT2D eigenvalue weighted by molar-refractivity contribution is 5.84. The molecule has 0 bridgehead atoms. The molecule has 0 heterocycles. The number of aliphatic hydroxyl groups is 2. The fourth-order valence-electron chi connectivity index (χ4n) is 2.37. The van der Waals surface area contributed by atoms with Gasteiger partial charge >= 0.3 is 0 Å². The van der Waals surface area contributed by atoms with Crippen LogP contribution in [0.2, 0.25) is 0 Å². The predicted molar refractivity (Wildman–Crippen MR) is 88.5 cm³/mol. The summed E-state index contributed by atoms with van der Waals surface area (Å²) in [7, 11) is 2.71. The molecular weight excluding hydrogens is 334 g/mol. The fraction of sp³-hybridized carbons (Fsp3) is 0.222. The summed E-state index contributed by atoms with van der Waals surface area (Å²) in [4.78, 5) is 0. The maximum absolute atomic E-state index is 14.6. The van der Waals surface area contributed by atoms with Gasteiger partial charge < -0.3 is 24.8 Å².